The van der Waals surface area contributed by atoms with Crippen LogP contribution in [-0.4, -0.2) is 11.3 Å². The Labute approximate surface area is 118 Å². The Kier molecular flexibility index (Phi) is 3.27. The highest BCUT2D eigenvalue weighted by atomic mass is 35.5. The lowest BCUT2D eigenvalue weighted by molar-refractivity contribution is 0.112. The van der Waals surface area contributed by atoms with Gasteiger partial charge in [-0.1, -0.05) is 29.8 Å². The minimum atomic E-state index is 0.511. The van der Waals surface area contributed by atoms with Gasteiger partial charge in [-0.05, 0) is 36.0 Å². The molecular weight excluding hydrogens is 282 g/mol. The number of hydrogen-bond donors (Lipinski definition) is 0. The Morgan fingerprint density at radius 3 is 2.79 bits per heavy atom. The summed E-state index contributed by atoms with van der Waals surface area (Å²) in [6.07, 6.45) is 0.764. The van der Waals surface area contributed by atoms with E-state index in [4.69, 9.17) is 16.0 Å². The normalized spacial score (nSPS) is 10.8. The first-order valence-corrected chi connectivity index (χ1v) is 6.74. The summed E-state index contributed by atoms with van der Waals surface area (Å²) in [7, 11) is 0. The lowest BCUT2D eigenvalue weighted by Crippen LogP contribution is -1.81. The third-order valence-electron chi connectivity index (χ3n) is 2.56. The molecule has 94 valence electrons. The molecule has 0 fully saturated rings. The molecule has 0 N–H and O–H groups in total. The maximum absolute atomic E-state index is 10.6. The van der Waals surface area contributed by atoms with Crippen LogP contribution in [0.5, 0.6) is 0 Å². The van der Waals surface area contributed by atoms with E-state index >= 15 is 0 Å². The number of nitrogens with zero attached hydrogens (tertiary/aromatic N) is 1. The largest absolute Gasteiger partial charge is 0.431 e. The molecule has 0 aliphatic carbocycles. The Morgan fingerprint density at radius 2 is 2.05 bits per heavy atom. The highest BCUT2D eigenvalue weighted by Gasteiger charge is 2.09. The number of halogens is 1. The van der Waals surface area contributed by atoms with E-state index in [0.29, 0.717) is 15.8 Å². The van der Waals surface area contributed by atoms with Gasteiger partial charge in [-0.25, -0.2) is 4.98 Å². The zero-order valence-corrected chi connectivity index (χ0v) is 11.2. The number of carbonyl (C=O) groups is 1. The van der Waals surface area contributed by atoms with Gasteiger partial charge in [0, 0.05) is 10.5 Å². The fraction of sp³-hybridized carbons (Fsp3) is 0. The zero-order chi connectivity index (χ0) is 13.2. The van der Waals surface area contributed by atoms with Crippen LogP contribution in [0.2, 0.25) is 5.02 Å². The summed E-state index contributed by atoms with van der Waals surface area (Å²) in [5.74, 6) is 0. The molecule has 0 bridgehead atoms. The second-order valence-electron chi connectivity index (χ2n) is 3.86. The van der Waals surface area contributed by atoms with Crippen molar-refractivity contribution in [1.29, 1.82) is 0 Å². The van der Waals surface area contributed by atoms with E-state index in [0.717, 1.165) is 22.3 Å². The van der Waals surface area contributed by atoms with Crippen molar-refractivity contribution in [3.8, 4) is 0 Å². The molecule has 1 heterocycles. The lowest BCUT2D eigenvalue weighted by Gasteiger charge is -2.00. The van der Waals surface area contributed by atoms with Crippen molar-refractivity contribution >= 4 is 40.7 Å². The number of fused-ring (bicyclic) bond motifs is 1. The van der Waals surface area contributed by atoms with Crippen molar-refractivity contribution in [2.75, 3.05) is 0 Å². The van der Waals surface area contributed by atoms with Crippen LogP contribution in [-0.2, 0) is 0 Å². The first-order chi connectivity index (χ1) is 9.26. The molecular formula is C14H8ClNO2S. The number of aldehydes is 1. The standard InChI is InChI=1S/C14H8ClNO2S/c15-10-7-9(8-17)5-6-13(10)19-14-16-11-3-1-2-4-12(11)18-14/h1-8H. The molecule has 0 saturated carbocycles. The van der Waals surface area contributed by atoms with Gasteiger partial charge in [0.05, 0.1) is 5.02 Å². The van der Waals surface area contributed by atoms with Gasteiger partial charge in [0.1, 0.15) is 11.8 Å². The molecule has 0 unspecified atom stereocenters. The number of oxazole rings is 1. The number of benzene rings is 2. The van der Waals surface area contributed by atoms with Crippen molar-refractivity contribution in [3.05, 3.63) is 53.1 Å². The third kappa shape index (κ3) is 2.50. The van der Waals surface area contributed by atoms with Crippen LogP contribution in [0, 0.1) is 0 Å². The Morgan fingerprint density at radius 1 is 1.21 bits per heavy atom. The number of carbonyl (C=O) groups excluding carboxylic acids is 1. The van der Waals surface area contributed by atoms with Crippen LogP contribution in [0.25, 0.3) is 11.1 Å². The van der Waals surface area contributed by atoms with E-state index in [9.17, 15) is 4.79 Å². The molecule has 0 radical (unpaired) electrons. The smallest absolute Gasteiger partial charge is 0.261 e. The molecule has 3 nitrogen and oxygen atoms in total. The second kappa shape index (κ2) is 5.07. The van der Waals surface area contributed by atoms with E-state index < -0.39 is 0 Å². The van der Waals surface area contributed by atoms with Crippen molar-refractivity contribution in [2.45, 2.75) is 10.1 Å². The summed E-state index contributed by atoms with van der Waals surface area (Å²) in [4.78, 5) is 15.8. The Hall–Kier alpha value is -1.78. The van der Waals surface area contributed by atoms with Gasteiger partial charge < -0.3 is 4.42 Å². The van der Waals surface area contributed by atoms with Gasteiger partial charge in [0.25, 0.3) is 5.22 Å². The topological polar surface area (TPSA) is 43.1 Å². The summed E-state index contributed by atoms with van der Waals surface area (Å²) in [6, 6.07) is 12.7. The summed E-state index contributed by atoms with van der Waals surface area (Å²) in [5, 5.41) is 1.04. The van der Waals surface area contributed by atoms with Crippen LogP contribution in [0.3, 0.4) is 0 Å². The number of aromatic nitrogens is 1. The van der Waals surface area contributed by atoms with Crippen molar-refractivity contribution < 1.29 is 9.21 Å². The van der Waals surface area contributed by atoms with Gasteiger partial charge in [0.2, 0.25) is 0 Å². The minimum Gasteiger partial charge on any atom is -0.431 e. The molecule has 3 rings (SSSR count). The third-order valence-corrected chi connectivity index (χ3v) is 3.91. The number of para-hydroxylation sites is 2. The molecule has 0 aliphatic heterocycles. The predicted octanol–water partition coefficient (Wildman–Crippen LogP) is 4.44. The molecule has 3 aromatic rings. The first kappa shape index (κ1) is 12.3. The molecule has 0 saturated heterocycles. The molecule has 0 atom stereocenters. The number of hydrogen-bond acceptors (Lipinski definition) is 4. The molecule has 19 heavy (non-hydrogen) atoms. The maximum atomic E-state index is 10.6. The van der Waals surface area contributed by atoms with E-state index in [1.807, 2.05) is 24.3 Å². The predicted molar refractivity (Wildman–Crippen MR) is 75.0 cm³/mol. The highest BCUT2D eigenvalue weighted by Crippen LogP contribution is 2.34. The first-order valence-electron chi connectivity index (χ1n) is 5.54. The van der Waals surface area contributed by atoms with Gasteiger partial charge in [0.15, 0.2) is 5.58 Å². The van der Waals surface area contributed by atoms with Crippen LogP contribution in [0.15, 0.2) is 57.0 Å². The molecule has 0 aliphatic rings. The van der Waals surface area contributed by atoms with Gasteiger partial charge in [-0.15, -0.1) is 0 Å². The Bertz CT molecular complexity index is 721. The van der Waals surface area contributed by atoms with Crippen LogP contribution < -0.4 is 0 Å². The molecule has 0 amide bonds. The van der Waals surface area contributed by atoms with Crippen LogP contribution in [0.4, 0.5) is 0 Å². The fourth-order valence-corrected chi connectivity index (χ4v) is 2.72. The SMILES string of the molecule is O=Cc1ccc(Sc2nc3ccccc3o2)c(Cl)c1. The second-order valence-corrected chi connectivity index (χ2v) is 5.26. The van der Waals surface area contributed by atoms with E-state index in [2.05, 4.69) is 4.98 Å². The molecule has 1 aromatic heterocycles. The van der Waals surface area contributed by atoms with E-state index in [1.165, 1.54) is 11.8 Å². The van der Waals surface area contributed by atoms with Crippen LogP contribution >= 0.6 is 23.4 Å². The Balaban J connectivity index is 1.94. The summed E-state index contributed by atoms with van der Waals surface area (Å²) in [6.45, 7) is 0. The minimum absolute atomic E-state index is 0.511. The summed E-state index contributed by atoms with van der Waals surface area (Å²) in [5.41, 5.74) is 2.10. The fourth-order valence-electron chi connectivity index (χ4n) is 1.66. The van der Waals surface area contributed by atoms with Gasteiger partial charge in [-0.2, -0.15) is 0 Å². The number of rotatable bonds is 3. The lowest BCUT2D eigenvalue weighted by atomic mass is 10.2. The summed E-state index contributed by atoms with van der Waals surface area (Å²) < 4.78 is 5.61. The average Bonchev–Trinajstić information content (AvgIpc) is 2.83. The van der Waals surface area contributed by atoms with Gasteiger partial charge >= 0.3 is 0 Å². The van der Waals surface area contributed by atoms with Crippen molar-refractivity contribution in [3.63, 3.8) is 0 Å². The van der Waals surface area contributed by atoms with E-state index in [1.54, 1.807) is 18.2 Å². The maximum Gasteiger partial charge on any atom is 0.261 e. The summed E-state index contributed by atoms with van der Waals surface area (Å²) >= 11 is 7.44. The highest BCUT2D eigenvalue weighted by molar-refractivity contribution is 7.99. The van der Waals surface area contributed by atoms with Gasteiger partial charge in [-0.3, -0.25) is 4.79 Å². The molecule has 2 aromatic carbocycles. The van der Waals surface area contributed by atoms with E-state index in [-0.39, 0.29) is 0 Å². The average molecular weight is 290 g/mol. The van der Waals surface area contributed by atoms with Crippen molar-refractivity contribution in [1.82, 2.24) is 4.98 Å². The zero-order valence-electron chi connectivity index (χ0n) is 9.67. The molecule has 0 spiro atoms. The molecule has 5 heteroatoms. The quantitative estimate of drug-likeness (QED) is 0.668. The van der Waals surface area contributed by atoms with Crippen molar-refractivity contribution in [2.24, 2.45) is 0 Å². The van der Waals surface area contributed by atoms with Crippen LogP contribution in [0.1, 0.15) is 10.4 Å². The monoisotopic (exact) mass is 289 g/mol.